The lowest BCUT2D eigenvalue weighted by atomic mass is 10.1. The number of para-hydroxylation sites is 1. The standard InChI is InChI=1S/C24H27N3O3/c1-17-6-5-9-22(18(17)2)26-10-12-27(13-11-26)23(28)16-30-24(29)14-19-15-25-21-8-4-3-7-20(19)21/h3-9,15,25H,10-14,16H2,1-2H3. The Morgan fingerprint density at radius 2 is 1.77 bits per heavy atom. The average Bonchev–Trinajstić information content (AvgIpc) is 3.17. The van der Waals surface area contributed by atoms with Crippen molar-refractivity contribution in [3.63, 3.8) is 0 Å². The number of ether oxygens (including phenoxy) is 1. The Morgan fingerprint density at radius 1 is 1.00 bits per heavy atom. The number of hydrogen-bond donors (Lipinski definition) is 1. The summed E-state index contributed by atoms with van der Waals surface area (Å²) in [6, 6.07) is 14.1. The summed E-state index contributed by atoms with van der Waals surface area (Å²) in [5.41, 5.74) is 5.65. The van der Waals surface area contributed by atoms with Gasteiger partial charge in [0.2, 0.25) is 0 Å². The summed E-state index contributed by atoms with van der Waals surface area (Å²) >= 11 is 0. The van der Waals surface area contributed by atoms with E-state index in [1.807, 2.05) is 30.5 Å². The number of aromatic nitrogens is 1. The Labute approximate surface area is 176 Å². The van der Waals surface area contributed by atoms with Crippen LogP contribution < -0.4 is 4.90 Å². The lowest BCUT2D eigenvalue weighted by Gasteiger charge is -2.37. The van der Waals surface area contributed by atoms with Crippen LogP contribution in [0, 0.1) is 13.8 Å². The predicted molar refractivity (Wildman–Crippen MR) is 118 cm³/mol. The largest absolute Gasteiger partial charge is 0.455 e. The van der Waals surface area contributed by atoms with Crippen molar-refractivity contribution >= 4 is 28.5 Å². The van der Waals surface area contributed by atoms with E-state index < -0.39 is 0 Å². The number of nitrogens with one attached hydrogen (secondary N) is 1. The second kappa shape index (κ2) is 8.61. The first-order valence-corrected chi connectivity index (χ1v) is 10.3. The summed E-state index contributed by atoms with van der Waals surface area (Å²) < 4.78 is 5.27. The van der Waals surface area contributed by atoms with Gasteiger partial charge in [-0.05, 0) is 42.7 Å². The second-order valence-electron chi connectivity index (χ2n) is 7.78. The number of aromatic amines is 1. The molecule has 6 nitrogen and oxygen atoms in total. The highest BCUT2D eigenvalue weighted by Gasteiger charge is 2.23. The van der Waals surface area contributed by atoms with E-state index in [-0.39, 0.29) is 24.9 Å². The van der Waals surface area contributed by atoms with E-state index in [1.54, 1.807) is 4.90 Å². The van der Waals surface area contributed by atoms with Crippen LogP contribution in [0.5, 0.6) is 0 Å². The highest BCUT2D eigenvalue weighted by molar-refractivity contribution is 5.88. The van der Waals surface area contributed by atoms with E-state index in [9.17, 15) is 9.59 Å². The van der Waals surface area contributed by atoms with Gasteiger partial charge in [-0.2, -0.15) is 0 Å². The lowest BCUT2D eigenvalue weighted by Crippen LogP contribution is -2.50. The SMILES string of the molecule is Cc1cccc(N2CCN(C(=O)COC(=O)Cc3c[nH]c4ccccc34)CC2)c1C. The van der Waals surface area contributed by atoms with Crippen molar-refractivity contribution in [2.45, 2.75) is 20.3 Å². The third kappa shape index (κ3) is 4.17. The van der Waals surface area contributed by atoms with E-state index in [4.69, 9.17) is 4.74 Å². The molecule has 1 fully saturated rings. The molecule has 156 valence electrons. The minimum atomic E-state index is -0.387. The van der Waals surface area contributed by atoms with Gasteiger partial charge in [-0.1, -0.05) is 30.3 Å². The van der Waals surface area contributed by atoms with E-state index in [0.717, 1.165) is 29.6 Å². The molecular formula is C24H27N3O3. The van der Waals surface area contributed by atoms with Crippen LogP contribution in [-0.4, -0.2) is 54.5 Å². The molecule has 2 heterocycles. The summed E-state index contributed by atoms with van der Waals surface area (Å²) in [7, 11) is 0. The number of hydrogen-bond acceptors (Lipinski definition) is 4. The number of carbonyl (C=O) groups excluding carboxylic acids is 2. The zero-order chi connectivity index (χ0) is 21.1. The maximum absolute atomic E-state index is 12.5. The van der Waals surface area contributed by atoms with E-state index in [0.29, 0.717) is 13.1 Å². The fourth-order valence-electron chi connectivity index (χ4n) is 3.99. The molecule has 0 atom stereocenters. The predicted octanol–water partition coefficient (Wildman–Crippen LogP) is 3.22. The third-order valence-electron chi connectivity index (χ3n) is 5.92. The minimum Gasteiger partial charge on any atom is -0.455 e. The minimum absolute atomic E-state index is 0.136. The lowest BCUT2D eigenvalue weighted by molar-refractivity contribution is -0.151. The van der Waals surface area contributed by atoms with E-state index in [1.165, 1.54) is 16.8 Å². The summed E-state index contributed by atoms with van der Waals surface area (Å²) in [4.78, 5) is 32.0. The van der Waals surface area contributed by atoms with Crippen molar-refractivity contribution < 1.29 is 14.3 Å². The molecule has 2 aromatic carbocycles. The molecule has 0 aliphatic carbocycles. The van der Waals surface area contributed by atoms with Gasteiger partial charge in [0, 0.05) is 49.0 Å². The van der Waals surface area contributed by atoms with Gasteiger partial charge in [-0.3, -0.25) is 9.59 Å². The Balaban J connectivity index is 1.27. The Bertz CT molecular complexity index is 1060. The van der Waals surface area contributed by atoms with Gasteiger partial charge in [-0.25, -0.2) is 0 Å². The van der Waals surface area contributed by atoms with Gasteiger partial charge in [0.15, 0.2) is 6.61 Å². The highest BCUT2D eigenvalue weighted by atomic mass is 16.5. The number of aryl methyl sites for hydroxylation is 1. The Hall–Kier alpha value is -3.28. The molecule has 0 radical (unpaired) electrons. The van der Waals surface area contributed by atoms with Crippen molar-refractivity contribution in [3.05, 3.63) is 65.4 Å². The van der Waals surface area contributed by atoms with Crippen LogP contribution in [-0.2, 0) is 20.7 Å². The molecule has 1 saturated heterocycles. The number of fused-ring (bicyclic) bond motifs is 1. The van der Waals surface area contributed by atoms with Crippen molar-refractivity contribution in [3.8, 4) is 0 Å². The highest BCUT2D eigenvalue weighted by Crippen LogP contribution is 2.24. The molecule has 4 rings (SSSR count). The Morgan fingerprint density at radius 3 is 2.57 bits per heavy atom. The molecule has 1 N–H and O–H groups in total. The third-order valence-corrected chi connectivity index (χ3v) is 5.92. The molecule has 0 unspecified atom stereocenters. The maximum atomic E-state index is 12.5. The van der Waals surface area contributed by atoms with E-state index in [2.05, 4.69) is 41.9 Å². The summed E-state index contributed by atoms with van der Waals surface area (Å²) in [5.74, 6) is -0.523. The molecule has 0 spiro atoms. The van der Waals surface area contributed by atoms with Crippen LogP contribution in [0.4, 0.5) is 5.69 Å². The number of piperazine rings is 1. The molecule has 6 heteroatoms. The molecule has 3 aromatic rings. The number of benzene rings is 2. The second-order valence-corrected chi connectivity index (χ2v) is 7.78. The smallest absolute Gasteiger partial charge is 0.310 e. The summed E-state index contributed by atoms with van der Waals surface area (Å²) in [5, 5.41) is 1.00. The zero-order valence-corrected chi connectivity index (χ0v) is 17.5. The van der Waals surface area contributed by atoms with Crippen LogP contribution in [0.3, 0.4) is 0 Å². The molecule has 1 aliphatic heterocycles. The molecule has 0 bridgehead atoms. The van der Waals surface area contributed by atoms with E-state index >= 15 is 0 Å². The van der Waals surface area contributed by atoms with Gasteiger partial charge in [0.25, 0.3) is 5.91 Å². The summed E-state index contributed by atoms with van der Waals surface area (Å²) in [6.07, 6.45) is 1.97. The number of esters is 1. The average molecular weight is 405 g/mol. The quantitative estimate of drug-likeness (QED) is 0.662. The molecular weight excluding hydrogens is 378 g/mol. The monoisotopic (exact) mass is 405 g/mol. The number of carbonyl (C=O) groups is 2. The van der Waals surface area contributed by atoms with Crippen molar-refractivity contribution in [1.29, 1.82) is 0 Å². The van der Waals surface area contributed by atoms with Crippen LogP contribution in [0.15, 0.2) is 48.7 Å². The molecule has 1 aromatic heterocycles. The van der Waals surface area contributed by atoms with Gasteiger partial charge >= 0.3 is 5.97 Å². The van der Waals surface area contributed by atoms with Crippen molar-refractivity contribution in [2.75, 3.05) is 37.7 Å². The molecule has 0 saturated carbocycles. The number of rotatable bonds is 5. The maximum Gasteiger partial charge on any atom is 0.310 e. The Kier molecular flexibility index (Phi) is 5.74. The van der Waals surface area contributed by atoms with Crippen LogP contribution in [0.2, 0.25) is 0 Å². The van der Waals surface area contributed by atoms with Crippen LogP contribution in [0.25, 0.3) is 10.9 Å². The van der Waals surface area contributed by atoms with Crippen molar-refractivity contribution in [2.24, 2.45) is 0 Å². The van der Waals surface area contributed by atoms with Gasteiger partial charge in [-0.15, -0.1) is 0 Å². The molecule has 1 aliphatic rings. The van der Waals surface area contributed by atoms with Crippen molar-refractivity contribution in [1.82, 2.24) is 9.88 Å². The fraction of sp³-hybridized carbons (Fsp3) is 0.333. The zero-order valence-electron chi connectivity index (χ0n) is 17.5. The number of H-pyrrole nitrogens is 1. The number of anilines is 1. The first-order chi connectivity index (χ1) is 14.5. The van der Waals surface area contributed by atoms with Crippen LogP contribution >= 0.6 is 0 Å². The number of amides is 1. The summed E-state index contributed by atoms with van der Waals surface area (Å²) in [6.45, 7) is 6.86. The molecule has 1 amide bonds. The molecule has 30 heavy (non-hydrogen) atoms. The first kappa shape index (κ1) is 20.0. The van der Waals surface area contributed by atoms with Crippen LogP contribution in [0.1, 0.15) is 16.7 Å². The first-order valence-electron chi connectivity index (χ1n) is 10.3. The normalized spacial score (nSPS) is 14.2. The fourth-order valence-corrected chi connectivity index (χ4v) is 3.99. The topological polar surface area (TPSA) is 65.6 Å². The number of nitrogens with zero attached hydrogens (tertiary/aromatic N) is 2. The van der Waals surface area contributed by atoms with Gasteiger partial charge < -0.3 is 19.5 Å². The van der Waals surface area contributed by atoms with Gasteiger partial charge in [0.1, 0.15) is 0 Å². The van der Waals surface area contributed by atoms with Gasteiger partial charge in [0.05, 0.1) is 6.42 Å².